The Morgan fingerprint density at radius 2 is 1.25 bits per heavy atom. The van der Waals surface area contributed by atoms with Crippen LogP contribution in [0.15, 0.2) is 36.9 Å². The van der Waals surface area contributed by atoms with Gasteiger partial charge in [0.1, 0.15) is 25.9 Å². The van der Waals surface area contributed by atoms with Gasteiger partial charge in [0.15, 0.2) is 34.8 Å². The van der Waals surface area contributed by atoms with Gasteiger partial charge in [0, 0.05) is 29.6 Å². The molecule has 11 nitrogen and oxygen atoms in total. The third-order valence-electron chi connectivity index (χ3n) is 7.73. The molecule has 0 bridgehead atoms. The van der Waals surface area contributed by atoms with Crippen LogP contribution in [0.2, 0.25) is 0 Å². The number of rotatable bonds is 14. The maximum absolute atomic E-state index is 14.7. The predicted octanol–water partition coefficient (Wildman–Crippen LogP) is 7.06. The summed E-state index contributed by atoms with van der Waals surface area (Å²) < 4.78 is 98.9. The summed E-state index contributed by atoms with van der Waals surface area (Å²) in [6, 6.07) is 4.03. The molecule has 1 heterocycles. The van der Waals surface area contributed by atoms with E-state index in [1.807, 2.05) is 20.8 Å². The minimum absolute atomic E-state index is 0.0292. The summed E-state index contributed by atoms with van der Waals surface area (Å²) in [5.41, 5.74) is -1.30. The summed E-state index contributed by atoms with van der Waals surface area (Å²) in [7, 11) is -3.28. The van der Waals surface area contributed by atoms with E-state index in [1.165, 1.54) is 19.2 Å². The number of hydrogen-bond donors (Lipinski definition) is 3. The van der Waals surface area contributed by atoms with E-state index in [0.29, 0.717) is 12.0 Å². The largest absolute Gasteiger partial charge is 0.485 e. The third-order valence-corrected chi connectivity index (χ3v) is 8.53. The monoisotopic (exact) mass is 862 g/mol. The highest BCUT2D eigenvalue weighted by Gasteiger charge is 2.30. The molecule has 0 radical (unpaired) electrons. The van der Waals surface area contributed by atoms with Crippen LogP contribution >= 0.6 is 0 Å². The molecular weight excluding hydrogens is 797 g/mol. The molecule has 3 N–H and O–H groups in total. The van der Waals surface area contributed by atoms with E-state index in [2.05, 4.69) is 47.7 Å². The van der Waals surface area contributed by atoms with Crippen molar-refractivity contribution in [3.63, 3.8) is 0 Å². The average molecular weight is 863 g/mol. The topological polar surface area (TPSA) is 144 Å². The minimum Gasteiger partial charge on any atom is -0.485 e. The lowest BCUT2D eigenvalue weighted by atomic mass is 9.78. The van der Waals surface area contributed by atoms with Gasteiger partial charge in [-0.05, 0) is 110 Å². The third kappa shape index (κ3) is 23.6. The van der Waals surface area contributed by atoms with Gasteiger partial charge in [0.25, 0.3) is 10.1 Å². The van der Waals surface area contributed by atoms with Gasteiger partial charge in [0.2, 0.25) is 5.91 Å². The molecule has 16 heteroatoms. The van der Waals surface area contributed by atoms with Crippen LogP contribution in [0.25, 0.3) is 0 Å². The van der Waals surface area contributed by atoms with Crippen LogP contribution in [0.5, 0.6) is 11.5 Å². The highest BCUT2D eigenvalue weighted by molar-refractivity contribution is 7.86. The number of carbonyl (C=O) groups is 1. The number of hydrogen-bond acceptors (Lipinski definition) is 10. The number of aliphatic hydroxyl groups is 2. The van der Waals surface area contributed by atoms with E-state index in [9.17, 15) is 41.0 Å². The van der Waals surface area contributed by atoms with Gasteiger partial charge in [-0.15, -0.1) is 6.42 Å². The van der Waals surface area contributed by atoms with E-state index < -0.39 is 74.7 Å². The molecule has 1 aliphatic heterocycles. The van der Waals surface area contributed by atoms with E-state index >= 15 is 0 Å². The fourth-order valence-electron chi connectivity index (χ4n) is 4.66. The first-order chi connectivity index (χ1) is 26.8. The molecule has 2 aromatic rings. The molecule has 0 aromatic heterocycles. The van der Waals surface area contributed by atoms with Gasteiger partial charge in [-0.1, -0.05) is 33.3 Å². The number of aliphatic hydroxyl groups excluding tert-OH is 2. The lowest BCUT2D eigenvalue weighted by molar-refractivity contribution is -0.117. The lowest BCUT2D eigenvalue weighted by Gasteiger charge is -2.27. The Balaban J connectivity index is 0.00000108. The first-order valence-electron chi connectivity index (χ1n) is 19.0. The van der Waals surface area contributed by atoms with Gasteiger partial charge in [-0.25, -0.2) is 17.6 Å². The van der Waals surface area contributed by atoms with Crippen molar-refractivity contribution in [2.75, 3.05) is 45.8 Å². The first-order valence-corrected chi connectivity index (χ1v) is 20.8. The molecule has 0 saturated carbocycles. The molecule has 1 saturated heterocycles. The number of amides is 1. The molecule has 0 aliphatic carbocycles. The van der Waals surface area contributed by atoms with Crippen LogP contribution in [0.4, 0.5) is 17.6 Å². The van der Waals surface area contributed by atoms with Gasteiger partial charge < -0.3 is 29.7 Å². The second-order valence-corrected chi connectivity index (χ2v) is 18.8. The Bertz CT molecular complexity index is 1750. The van der Waals surface area contributed by atoms with E-state index in [1.54, 1.807) is 41.5 Å². The molecule has 3 rings (SSSR count). The maximum atomic E-state index is 14.7. The highest BCUT2D eigenvalue weighted by Crippen LogP contribution is 2.38. The van der Waals surface area contributed by atoms with Crippen molar-refractivity contribution in [1.29, 1.82) is 0 Å². The van der Waals surface area contributed by atoms with E-state index in [-0.39, 0.29) is 42.4 Å². The van der Waals surface area contributed by atoms with Crippen molar-refractivity contribution in [3.8, 4) is 23.8 Å². The van der Waals surface area contributed by atoms with Crippen molar-refractivity contribution in [2.24, 2.45) is 0 Å². The van der Waals surface area contributed by atoms with Gasteiger partial charge >= 0.3 is 0 Å². The van der Waals surface area contributed by atoms with Crippen LogP contribution in [0.1, 0.15) is 101 Å². The summed E-state index contributed by atoms with van der Waals surface area (Å²) in [5.74, 6) is -3.36. The number of halogens is 4. The quantitative estimate of drug-likeness (QED) is 0.0452. The molecule has 2 aromatic carbocycles. The molecule has 2 atom stereocenters. The van der Waals surface area contributed by atoms with Gasteiger partial charge in [0.05, 0.1) is 24.6 Å². The SMILES string of the molecule is C#CCOCC(O)COc1c(F)cc(C(C)(C)c2cc(F)c(OCC(O)CC)c(F)c2)cc1F.C=CC(=O)NC(C)(C)C.CC(C)(C)N1CC1.CC(C)(C)OS(C)(=O)=O. The zero-order valence-corrected chi connectivity index (χ0v) is 37.7. The van der Waals surface area contributed by atoms with Crippen molar-refractivity contribution in [1.82, 2.24) is 10.2 Å². The standard InChI is InChI=1S/C25H28F4O5.C7H13NO.C6H13N.C5H12O3S/c1-5-7-32-12-18(31)14-34-24-21(28)10-16(11-22(24)29)25(3,4)15-8-19(26)23(20(27)9-15)33-13-17(30)6-2;1-5-6(9)8-7(2,3)4;1-6(2,3)7-4-5-7;1-5(2,3)8-9(4,6)7/h1,8-11,17-18,30-31H,6-7,12-14H2,2-4H3;5H,1H2,2-4H3,(H,8,9);4-5H2,1-3H3;1-4H3. The first kappa shape index (κ1) is 55.3. The number of benzene rings is 2. The summed E-state index contributed by atoms with van der Waals surface area (Å²) in [6.07, 6.45) is 5.64. The van der Waals surface area contributed by atoms with Crippen molar-refractivity contribution < 1.29 is 59.4 Å². The zero-order chi connectivity index (χ0) is 46.2. The van der Waals surface area contributed by atoms with Crippen LogP contribution < -0.4 is 14.8 Å². The minimum atomic E-state index is -3.28. The molecule has 336 valence electrons. The van der Waals surface area contributed by atoms with Crippen LogP contribution in [0.3, 0.4) is 0 Å². The number of terminal acetylenes is 1. The Kier molecular flexibility index (Phi) is 22.4. The Morgan fingerprint density at radius 3 is 1.49 bits per heavy atom. The summed E-state index contributed by atoms with van der Waals surface area (Å²) in [6.45, 7) is 27.4. The molecule has 1 amide bonds. The highest BCUT2D eigenvalue weighted by atomic mass is 32.2. The van der Waals surface area contributed by atoms with Gasteiger partial charge in [-0.2, -0.15) is 8.42 Å². The molecule has 1 aliphatic rings. The average Bonchev–Trinajstić information content (AvgIpc) is 3.92. The Hall–Kier alpha value is -3.72. The summed E-state index contributed by atoms with van der Waals surface area (Å²) in [5, 5.41) is 22.0. The number of ether oxygens (including phenoxy) is 3. The van der Waals surface area contributed by atoms with Crippen LogP contribution in [-0.2, 0) is 29.2 Å². The summed E-state index contributed by atoms with van der Waals surface area (Å²) in [4.78, 5) is 13.0. The fourth-order valence-corrected chi connectivity index (χ4v) is 5.57. The predicted molar refractivity (Wildman–Crippen MR) is 223 cm³/mol. The Labute approximate surface area is 349 Å². The van der Waals surface area contributed by atoms with Crippen molar-refractivity contribution in [3.05, 3.63) is 71.3 Å². The van der Waals surface area contributed by atoms with Crippen LogP contribution in [0, 0.1) is 35.6 Å². The number of carbonyl (C=O) groups excluding carboxylic acids is 1. The molecule has 0 spiro atoms. The van der Waals surface area contributed by atoms with E-state index in [4.69, 9.17) is 20.6 Å². The molecule has 2 unspecified atom stereocenters. The van der Waals surface area contributed by atoms with Crippen molar-refractivity contribution >= 4 is 16.0 Å². The molecule has 59 heavy (non-hydrogen) atoms. The van der Waals surface area contributed by atoms with E-state index in [0.717, 1.165) is 30.5 Å². The fraction of sp³-hybridized carbons (Fsp3) is 0.605. The number of nitrogens with one attached hydrogen (secondary N) is 1. The smallest absolute Gasteiger partial charge is 0.264 e. The number of nitrogens with zero attached hydrogens (tertiary/aromatic N) is 1. The zero-order valence-electron chi connectivity index (χ0n) is 36.9. The maximum Gasteiger partial charge on any atom is 0.264 e. The van der Waals surface area contributed by atoms with Gasteiger partial charge in [-0.3, -0.25) is 13.9 Å². The molecule has 1 fully saturated rings. The lowest BCUT2D eigenvalue weighted by Crippen LogP contribution is -2.39. The van der Waals surface area contributed by atoms with Crippen LogP contribution in [-0.4, -0.2) is 104 Å². The second-order valence-electron chi connectivity index (χ2n) is 17.2. The van der Waals surface area contributed by atoms with Crippen molar-refractivity contribution in [2.45, 2.75) is 124 Å². The normalized spacial score (nSPS) is 14.1. The molecular formula is C43H66F4N2O9S. The summed E-state index contributed by atoms with van der Waals surface area (Å²) >= 11 is 0. The second kappa shape index (κ2) is 23.9. The Morgan fingerprint density at radius 1 is 0.847 bits per heavy atom.